The van der Waals surface area contributed by atoms with E-state index in [1.165, 1.54) is 61.6 Å². The molecule has 0 saturated heterocycles. The van der Waals surface area contributed by atoms with Crippen LogP contribution >= 0.6 is 0 Å². The SMILES string of the molecule is CCCNC(=O)[C@H](C)N(Cc1ccc(F)cc1)C(=O)CN(c1ccc(OC)c(OC)c1)S(C)(=O)=O. The Kier molecular flexibility index (Phi) is 9.88. The van der Waals surface area contributed by atoms with E-state index in [-0.39, 0.29) is 18.1 Å². The molecule has 0 heterocycles. The second kappa shape index (κ2) is 12.4. The zero-order valence-corrected chi connectivity index (χ0v) is 21.4. The molecule has 2 aromatic carbocycles. The fraction of sp³-hybridized carbons (Fsp3) is 0.417. The summed E-state index contributed by atoms with van der Waals surface area (Å²) in [7, 11) is -1.02. The summed E-state index contributed by atoms with van der Waals surface area (Å²) in [5.41, 5.74) is 0.787. The third-order valence-electron chi connectivity index (χ3n) is 5.32. The van der Waals surface area contributed by atoms with Crippen molar-refractivity contribution < 1.29 is 31.9 Å². The van der Waals surface area contributed by atoms with E-state index in [1.54, 1.807) is 6.92 Å². The number of carbonyl (C=O) groups excluding carboxylic acids is 2. The highest BCUT2D eigenvalue weighted by Gasteiger charge is 2.30. The van der Waals surface area contributed by atoms with Crippen molar-refractivity contribution in [3.63, 3.8) is 0 Å². The molecule has 0 radical (unpaired) electrons. The topological polar surface area (TPSA) is 105 Å². The predicted octanol–water partition coefficient (Wildman–Crippen LogP) is 2.55. The zero-order chi connectivity index (χ0) is 26.2. The lowest BCUT2D eigenvalue weighted by Crippen LogP contribution is -2.51. The number of nitrogens with one attached hydrogen (secondary N) is 1. The summed E-state index contributed by atoms with van der Waals surface area (Å²) >= 11 is 0. The van der Waals surface area contributed by atoms with Gasteiger partial charge in [0.2, 0.25) is 21.8 Å². The fourth-order valence-corrected chi connectivity index (χ4v) is 4.20. The Morgan fingerprint density at radius 2 is 1.69 bits per heavy atom. The van der Waals surface area contributed by atoms with Crippen LogP contribution in [0.25, 0.3) is 0 Å². The van der Waals surface area contributed by atoms with Crippen molar-refractivity contribution >= 4 is 27.5 Å². The Morgan fingerprint density at radius 3 is 2.23 bits per heavy atom. The van der Waals surface area contributed by atoms with E-state index in [4.69, 9.17) is 9.47 Å². The van der Waals surface area contributed by atoms with Crippen molar-refractivity contribution in [1.82, 2.24) is 10.2 Å². The number of rotatable bonds is 12. The zero-order valence-electron chi connectivity index (χ0n) is 20.6. The van der Waals surface area contributed by atoms with Gasteiger partial charge in [0.05, 0.1) is 26.2 Å². The van der Waals surface area contributed by atoms with Crippen LogP contribution in [0, 0.1) is 5.82 Å². The Balaban J connectivity index is 2.41. The number of anilines is 1. The van der Waals surface area contributed by atoms with Crippen LogP contribution in [0.1, 0.15) is 25.8 Å². The average Bonchev–Trinajstić information content (AvgIpc) is 2.83. The number of amides is 2. The van der Waals surface area contributed by atoms with Crippen LogP contribution in [0.5, 0.6) is 11.5 Å². The number of nitrogens with zero attached hydrogens (tertiary/aromatic N) is 2. The van der Waals surface area contributed by atoms with Crippen LogP contribution in [0.4, 0.5) is 10.1 Å². The van der Waals surface area contributed by atoms with Gasteiger partial charge in [0, 0.05) is 19.2 Å². The van der Waals surface area contributed by atoms with Gasteiger partial charge in [-0.05, 0) is 43.2 Å². The van der Waals surface area contributed by atoms with Gasteiger partial charge in [0.25, 0.3) is 0 Å². The van der Waals surface area contributed by atoms with E-state index in [9.17, 15) is 22.4 Å². The summed E-state index contributed by atoms with van der Waals surface area (Å²) in [4.78, 5) is 27.4. The molecular weight excluding hydrogens is 477 g/mol. The molecule has 9 nitrogen and oxygen atoms in total. The van der Waals surface area contributed by atoms with E-state index in [0.29, 0.717) is 30.0 Å². The maximum absolute atomic E-state index is 13.5. The second-order valence-electron chi connectivity index (χ2n) is 7.92. The molecule has 0 saturated carbocycles. The molecule has 0 fully saturated rings. The van der Waals surface area contributed by atoms with E-state index >= 15 is 0 Å². The highest BCUT2D eigenvalue weighted by atomic mass is 32.2. The highest BCUT2D eigenvalue weighted by molar-refractivity contribution is 7.92. The summed E-state index contributed by atoms with van der Waals surface area (Å²) in [6, 6.07) is 9.12. The molecular formula is C24H32FN3O6S. The predicted molar refractivity (Wildman–Crippen MR) is 131 cm³/mol. The third-order valence-corrected chi connectivity index (χ3v) is 6.46. The van der Waals surface area contributed by atoms with Gasteiger partial charge in [-0.2, -0.15) is 0 Å². The smallest absolute Gasteiger partial charge is 0.244 e. The molecule has 2 rings (SSSR count). The lowest BCUT2D eigenvalue weighted by molar-refractivity contribution is -0.139. The molecule has 11 heteroatoms. The first-order valence-corrected chi connectivity index (χ1v) is 12.9. The molecule has 0 aromatic heterocycles. The minimum atomic E-state index is -3.89. The van der Waals surface area contributed by atoms with Crippen molar-refractivity contribution in [2.24, 2.45) is 0 Å². The van der Waals surface area contributed by atoms with Crippen LogP contribution in [0.15, 0.2) is 42.5 Å². The number of hydrogen-bond acceptors (Lipinski definition) is 6. The minimum absolute atomic E-state index is 0.0106. The van der Waals surface area contributed by atoms with E-state index in [2.05, 4.69) is 5.32 Å². The molecule has 2 aromatic rings. The Hall–Kier alpha value is -3.34. The van der Waals surface area contributed by atoms with Gasteiger partial charge in [-0.3, -0.25) is 13.9 Å². The number of benzene rings is 2. The summed E-state index contributed by atoms with van der Waals surface area (Å²) in [5, 5.41) is 2.75. The molecule has 35 heavy (non-hydrogen) atoms. The van der Waals surface area contributed by atoms with E-state index < -0.39 is 34.3 Å². The van der Waals surface area contributed by atoms with Gasteiger partial charge in [0.1, 0.15) is 18.4 Å². The van der Waals surface area contributed by atoms with Crippen LogP contribution in [0.3, 0.4) is 0 Å². The minimum Gasteiger partial charge on any atom is -0.493 e. The maximum atomic E-state index is 13.5. The molecule has 0 aliphatic carbocycles. The first kappa shape index (κ1) is 27.9. The van der Waals surface area contributed by atoms with Gasteiger partial charge in [-0.15, -0.1) is 0 Å². The molecule has 192 valence electrons. The third kappa shape index (κ3) is 7.57. The molecule has 1 atom stereocenters. The van der Waals surface area contributed by atoms with Crippen LogP contribution in [-0.2, 0) is 26.2 Å². The monoisotopic (exact) mass is 509 g/mol. The number of methoxy groups -OCH3 is 2. The summed E-state index contributed by atoms with van der Waals surface area (Å²) in [6.07, 6.45) is 1.70. The van der Waals surface area contributed by atoms with Gasteiger partial charge in [0.15, 0.2) is 11.5 Å². The van der Waals surface area contributed by atoms with Gasteiger partial charge >= 0.3 is 0 Å². The van der Waals surface area contributed by atoms with E-state index in [1.807, 2.05) is 6.92 Å². The largest absolute Gasteiger partial charge is 0.493 e. The van der Waals surface area contributed by atoms with Crippen molar-refractivity contribution in [2.45, 2.75) is 32.9 Å². The molecule has 1 N–H and O–H groups in total. The fourth-order valence-electron chi connectivity index (χ4n) is 3.36. The van der Waals surface area contributed by atoms with Crippen molar-refractivity contribution in [3.8, 4) is 11.5 Å². The van der Waals surface area contributed by atoms with Crippen LogP contribution < -0.4 is 19.1 Å². The number of hydrogen-bond donors (Lipinski definition) is 1. The average molecular weight is 510 g/mol. The highest BCUT2D eigenvalue weighted by Crippen LogP contribution is 2.32. The standard InChI is InChI=1S/C24H32FN3O6S/c1-6-13-26-24(30)17(2)27(15-18-7-9-19(25)10-8-18)23(29)16-28(35(5,31)32)20-11-12-21(33-3)22(14-20)34-4/h7-12,14,17H,6,13,15-16H2,1-5H3,(H,26,30)/t17-/m0/s1. The number of ether oxygens (including phenoxy) is 2. The Labute approximate surface area is 205 Å². The van der Waals surface area contributed by atoms with Crippen molar-refractivity contribution in [2.75, 3.05) is 37.9 Å². The molecule has 0 spiro atoms. The normalized spacial score (nSPS) is 11.9. The van der Waals surface area contributed by atoms with Gasteiger partial charge in [-0.25, -0.2) is 12.8 Å². The van der Waals surface area contributed by atoms with Crippen molar-refractivity contribution in [3.05, 3.63) is 53.8 Å². The maximum Gasteiger partial charge on any atom is 0.244 e. The van der Waals surface area contributed by atoms with Crippen molar-refractivity contribution in [1.29, 1.82) is 0 Å². The van der Waals surface area contributed by atoms with Gasteiger partial charge in [-0.1, -0.05) is 19.1 Å². The first-order chi connectivity index (χ1) is 16.5. The summed E-state index contributed by atoms with van der Waals surface area (Å²) < 4.78 is 50.1. The van der Waals surface area contributed by atoms with Gasteiger partial charge < -0.3 is 19.7 Å². The van der Waals surface area contributed by atoms with E-state index in [0.717, 1.165) is 10.6 Å². The molecule has 0 aliphatic rings. The number of sulfonamides is 1. The molecule has 0 aliphatic heterocycles. The second-order valence-corrected chi connectivity index (χ2v) is 9.83. The quantitative estimate of drug-likeness (QED) is 0.472. The van der Waals surface area contributed by atoms with Crippen LogP contribution in [-0.4, -0.2) is 64.7 Å². The Bertz CT molecular complexity index is 1120. The first-order valence-electron chi connectivity index (χ1n) is 11.0. The lowest BCUT2D eigenvalue weighted by Gasteiger charge is -2.31. The Morgan fingerprint density at radius 1 is 1.06 bits per heavy atom. The summed E-state index contributed by atoms with van der Waals surface area (Å²) in [6.45, 7) is 3.33. The molecule has 0 unspecified atom stereocenters. The van der Waals surface area contributed by atoms with Crippen LogP contribution in [0.2, 0.25) is 0 Å². The number of halogens is 1. The lowest BCUT2D eigenvalue weighted by atomic mass is 10.1. The summed E-state index contributed by atoms with van der Waals surface area (Å²) in [5.74, 6) is -0.721. The molecule has 0 bridgehead atoms. The molecule has 2 amide bonds. The number of carbonyl (C=O) groups is 2.